The third-order valence-electron chi connectivity index (χ3n) is 3.83. The van der Waals surface area contributed by atoms with Crippen LogP contribution in [0.2, 0.25) is 0 Å². The topological polar surface area (TPSA) is 49.8 Å². The number of carbonyl (C=O) groups excluding carboxylic acids is 1. The number of nitrogens with zero attached hydrogens (tertiary/aromatic N) is 1. The molecule has 1 aromatic rings. The molecule has 2 heterocycles. The van der Waals surface area contributed by atoms with Gasteiger partial charge in [-0.3, -0.25) is 4.79 Å². The molecule has 2 aliphatic heterocycles. The summed E-state index contributed by atoms with van der Waals surface area (Å²) in [7, 11) is 1.79. The lowest BCUT2D eigenvalue weighted by Gasteiger charge is -2.40. The van der Waals surface area contributed by atoms with Gasteiger partial charge in [0.2, 0.25) is 5.91 Å². The Bertz CT molecular complexity index is 474. The van der Waals surface area contributed by atoms with E-state index in [1.807, 2.05) is 18.2 Å². The van der Waals surface area contributed by atoms with Gasteiger partial charge in [-0.15, -0.1) is 0 Å². The van der Waals surface area contributed by atoms with E-state index in [2.05, 4.69) is 0 Å². The van der Waals surface area contributed by atoms with Crippen molar-refractivity contribution >= 4 is 11.6 Å². The quantitative estimate of drug-likeness (QED) is 0.807. The van der Waals surface area contributed by atoms with E-state index < -0.39 is 0 Å². The molecule has 0 aliphatic carbocycles. The van der Waals surface area contributed by atoms with E-state index in [4.69, 9.17) is 4.74 Å². The lowest BCUT2D eigenvalue weighted by Crippen LogP contribution is -2.49. The number of benzene rings is 1. The molecule has 1 fully saturated rings. The Morgan fingerprint density at radius 3 is 2.82 bits per heavy atom. The fraction of sp³-hybridized carbons (Fsp3) is 0.462. The number of rotatable bonds is 2. The SMILES string of the molecule is CN1C(=O)Cc2cc(C3(CO)COC3)ccc21. The molecule has 1 aromatic carbocycles. The maximum atomic E-state index is 11.6. The second kappa shape index (κ2) is 3.55. The van der Waals surface area contributed by atoms with Crippen LogP contribution in [0.1, 0.15) is 11.1 Å². The van der Waals surface area contributed by atoms with E-state index >= 15 is 0 Å². The molecule has 1 amide bonds. The third-order valence-corrected chi connectivity index (χ3v) is 3.83. The number of anilines is 1. The molecule has 3 rings (SSSR count). The zero-order valence-electron chi connectivity index (χ0n) is 9.77. The fourth-order valence-electron chi connectivity index (χ4n) is 2.50. The standard InChI is InChI=1S/C13H15NO3/c1-14-11-3-2-10(4-9(11)5-12(14)16)13(6-15)7-17-8-13/h2-4,15H,5-8H2,1H3. The number of hydrogen-bond donors (Lipinski definition) is 1. The van der Waals surface area contributed by atoms with Crippen molar-refractivity contribution in [1.29, 1.82) is 0 Å². The first-order chi connectivity index (χ1) is 8.16. The number of ether oxygens (including phenoxy) is 1. The summed E-state index contributed by atoms with van der Waals surface area (Å²) in [4.78, 5) is 13.3. The van der Waals surface area contributed by atoms with E-state index in [1.165, 1.54) is 0 Å². The highest BCUT2D eigenvalue weighted by molar-refractivity contribution is 6.00. The minimum Gasteiger partial charge on any atom is -0.395 e. The highest BCUT2D eigenvalue weighted by Gasteiger charge is 2.40. The predicted molar refractivity (Wildman–Crippen MR) is 63.1 cm³/mol. The van der Waals surface area contributed by atoms with Crippen molar-refractivity contribution in [1.82, 2.24) is 0 Å². The van der Waals surface area contributed by atoms with Gasteiger partial charge in [0, 0.05) is 12.7 Å². The van der Waals surface area contributed by atoms with Crippen LogP contribution in [0.4, 0.5) is 5.69 Å². The minimum absolute atomic E-state index is 0.0928. The molecule has 0 aromatic heterocycles. The number of likely N-dealkylation sites (N-methyl/N-ethyl adjacent to an activating group) is 1. The molecule has 90 valence electrons. The molecule has 0 spiro atoms. The van der Waals surface area contributed by atoms with Gasteiger partial charge in [-0.2, -0.15) is 0 Å². The summed E-state index contributed by atoms with van der Waals surface area (Å²) in [5, 5.41) is 9.49. The lowest BCUT2D eigenvalue weighted by molar-refractivity contribution is -0.117. The predicted octanol–water partition coefficient (Wildman–Crippen LogP) is 0.466. The van der Waals surface area contributed by atoms with Crippen molar-refractivity contribution in [2.24, 2.45) is 0 Å². The summed E-state index contributed by atoms with van der Waals surface area (Å²) in [6.45, 7) is 1.22. The first-order valence-corrected chi connectivity index (χ1v) is 5.75. The Morgan fingerprint density at radius 1 is 1.47 bits per heavy atom. The fourth-order valence-corrected chi connectivity index (χ4v) is 2.50. The largest absolute Gasteiger partial charge is 0.395 e. The molecular weight excluding hydrogens is 218 g/mol. The Kier molecular flexibility index (Phi) is 2.24. The molecule has 2 aliphatic rings. The summed E-state index contributed by atoms with van der Waals surface area (Å²) in [5.41, 5.74) is 2.86. The van der Waals surface area contributed by atoms with Crippen LogP contribution in [0.15, 0.2) is 18.2 Å². The van der Waals surface area contributed by atoms with Gasteiger partial charge in [0.15, 0.2) is 0 Å². The number of amides is 1. The first-order valence-electron chi connectivity index (χ1n) is 5.75. The molecule has 0 saturated carbocycles. The molecule has 4 heteroatoms. The number of hydrogen-bond acceptors (Lipinski definition) is 3. The second-order valence-corrected chi connectivity index (χ2v) is 4.90. The molecule has 1 saturated heterocycles. The van der Waals surface area contributed by atoms with E-state index in [9.17, 15) is 9.90 Å². The van der Waals surface area contributed by atoms with Gasteiger partial charge >= 0.3 is 0 Å². The van der Waals surface area contributed by atoms with Gasteiger partial charge in [-0.1, -0.05) is 12.1 Å². The zero-order valence-corrected chi connectivity index (χ0v) is 9.77. The normalized spacial score (nSPS) is 21.3. The van der Waals surface area contributed by atoms with Crippen LogP contribution in [0.5, 0.6) is 0 Å². The Morgan fingerprint density at radius 2 is 2.24 bits per heavy atom. The number of aliphatic hydroxyl groups excluding tert-OH is 1. The third kappa shape index (κ3) is 1.41. The van der Waals surface area contributed by atoms with Gasteiger partial charge in [-0.25, -0.2) is 0 Å². The van der Waals surface area contributed by atoms with E-state index in [0.717, 1.165) is 16.8 Å². The molecular formula is C13H15NO3. The Balaban J connectivity index is 2.00. The molecule has 1 N–H and O–H groups in total. The summed E-state index contributed by atoms with van der Waals surface area (Å²) in [6, 6.07) is 5.99. The van der Waals surface area contributed by atoms with Gasteiger partial charge in [-0.05, 0) is 17.2 Å². The molecule has 0 radical (unpaired) electrons. The van der Waals surface area contributed by atoms with Crippen molar-refractivity contribution in [3.63, 3.8) is 0 Å². The van der Waals surface area contributed by atoms with E-state index in [0.29, 0.717) is 19.6 Å². The molecule has 0 unspecified atom stereocenters. The van der Waals surface area contributed by atoms with Crippen molar-refractivity contribution in [3.05, 3.63) is 29.3 Å². The Hall–Kier alpha value is -1.39. The number of aliphatic hydroxyl groups is 1. The minimum atomic E-state index is -0.251. The van der Waals surface area contributed by atoms with Crippen molar-refractivity contribution in [2.75, 3.05) is 31.8 Å². The summed E-state index contributed by atoms with van der Waals surface area (Å²) in [6.07, 6.45) is 0.460. The maximum Gasteiger partial charge on any atom is 0.231 e. The average Bonchev–Trinajstić information content (AvgIpc) is 2.54. The first kappa shape index (κ1) is 10.7. The average molecular weight is 233 g/mol. The van der Waals surface area contributed by atoms with Crippen LogP contribution < -0.4 is 4.90 Å². The van der Waals surface area contributed by atoms with E-state index in [-0.39, 0.29) is 17.9 Å². The number of fused-ring (bicyclic) bond motifs is 1. The van der Waals surface area contributed by atoms with Crippen LogP contribution in [-0.2, 0) is 21.4 Å². The van der Waals surface area contributed by atoms with Gasteiger partial charge in [0.25, 0.3) is 0 Å². The van der Waals surface area contributed by atoms with Crippen LogP contribution in [0, 0.1) is 0 Å². The van der Waals surface area contributed by atoms with Gasteiger partial charge < -0.3 is 14.7 Å². The highest BCUT2D eigenvalue weighted by Crippen LogP contribution is 2.36. The van der Waals surface area contributed by atoms with E-state index in [1.54, 1.807) is 11.9 Å². The van der Waals surface area contributed by atoms with Gasteiger partial charge in [0.1, 0.15) is 0 Å². The smallest absolute Gasteiger partial charge is 0.231 e. The monoisotopic (exact) mass is 233 g/mol. The van der Waals surface area contributed by atoms with Crippen LogP contribution >= 0.6 is 0 Å². The molecule has 0 atom stereocenters. The number of carbonyl (C=O) groups is 1. The molecule has 4 nitrogen and oxygen atoms in total. The van der Waals surface area contributed by atoms with Gasteiger partial charge in [0.05, 0.1) is 31.7 Å². The maximum absolute atomic E-state index is 11.6. The summed E-state index contributed by atoms with van der Waals surface area (Å²) >= 11 is 0. The molecule has 0 bridgehead atoms. The van der Waals surface area contributed by atoms with Crippen LogP contribution in [0.25, 0.3) is 0 Å². The highest BCUT2D eigenvalue weighted by atomic mass is 16.5. The summed E-state index contributed by atoms with van der Waals surface area (Å²) in [5.74, 6) is 0.125. The van der Waals surface area contributed by atoms with Crippen molar-refractivity contribution < 1.29 is 14.6 Å². The second-order valence-electron chi connectivity index (χ2n) is 4.90. The Labute approximate surface area is 99.8 Å². The molecule has 17 heavy (non-hydrogen) atoms. The summed E-state index contributed by atoms with van der Waals surface area (Å²) < 4.78 is 5.21. The lowest BCUT2D eigenvalue weighted by atomic mass is 9.79. The van der Waals surface area contributed by atoms with Crippen LogP contribution in [0.3, 0.4) is 0 Å². The zero-order chi connectivity index (χ0) is 12.0. The van der Waals surface area contributed by atoms with Crippen molar-refractivity contribution in [2.45, 2.75) is 11.8 Å². The van der Waals surface area contributed by atoms with Crippen molar-refractivity contribution in [3.8, 4) is 0 Å². The van der Waals surface area contributed by atoms with Crippen LogP contribution in [-0.4, -0.2) is 37.9 Å².